The maximum Gasteiger partial charge on any atom is 0.512 e. The van der Waals surface area contributed by atoms with Crippen LogP contribution in [0.3, 0.4) is 0 Å². The van der Waals surface area contributed by atoms with Gasteiger partial charge in [-0.2, -0.15) is 13.2 Å². The molecule has 0 aliphatic heterocycles. The van der Waals surface area contributed by atoms with Gasteiger partial charge in [0, 0.05) is 0 Å². The first-order valence-electron chi connectivity index (χ1n) is 3.75. The van der Waals surface area contributed by atoms with Crippen molar-refractivity contribution in [3.8, 4) is 0 Å². The number of halogens is 3. The molecule has 0 spiro atoms. The summed E-state index contributed by atoms with van der Waals surface area (Å²) < 4.78 is 78.2. The van der Waals surface area contributed by atoms with Gasteiger partial charge < -0.3 is 0 Å². The van der Waals surface area contributed by atoms with E-state index in [1.165, 1.54) is 0 Å². The molecular weight excluding hydrogens is 271 g/mol. The van der Waals surface area contributed by atoms with Crippen molar-refractivity contribution in [3.05, 3.63) is 12.7 Å². The molecule has 0 aromatic rings. The van der Waals surface area contributed by atoms with Gasteiger partial charge in [0.05, 0.1) is 4.75 Å². The van der Waals surface area contributed by atoms with E-state index in [1.807, 2.05) is 0 Å². The first-order valence-corrected chi connectivity index (χ1v) is 6.71. The summed E-state index contributed by atoms with van der Waals surface area (Å²) in [5.74, 6) is 0. The van der Waals surface area contributed by atoms with Gasteiger partial charge in [0.1, 0.15) is 0 Å². The summed E-state index contributed by atoms with van der Waals surface area (Å²) in [5.41, 5.74) is -5.68. The lowest BCUT2D eigenvalue weighted by atomic mass is 10.2. The van der Waals surface area contributed by atoms with Crippen LogP contribution in [0.5, 0.6) is 0 Å². The molecule has 0 unspecified atom stereocenters. The third-order valence-corrected chi connectivity index (χ3v) is 5.62. The topological polar surface area (TPSA) is 80.3 Å². The van der Waals surface area contributed by atoms with E-state index in [2.05, 4.69) is 6.58 Å². The number of hydrogen-bond donors (Lipinski definition) is 1. The van der Waals surface area contributed by atoms with Crippen LogP contribution in [0.1, 0.15) is 13.8 Å². The Kier molecular flexibility index (Phi) is 3.85. The van der Waals surface area contributed by atoms with Crippen molar-refractivity contribution < 1.29 is 30.0 Å². The van der Waals surface area contributed by atoms with Gasteiger partial charge in [0.15, 0.2) is 0 Å². The van der Waals surface area contributed by atoms with Crippen molar-refractivity contribution >= 4 is 20.0 Å². The van der Waals surface area contributed by atoms with Crippen LogP contribution in [0.25, 0.3) is 0 Å². The van der Waals surface area contributed by atoms with Crippen LogP contribution in [0, 0.1) is 0 Å². The molecule has 10 heteroatoms. The number of rotatable bonds is 4. The van der Waals surface area contributed by atoms with Gasteiger partial charge in [-0.15, -0.1) is 10.7 Å². The Morgan fingerprint density at radius 2 is 1.44 bits per heavy atom. The van der Waals surface area contributed by atoms with Gasteiger partial charge in [0.25, 0.3) is 0 Å². The highest BCUT2D eigenvalue weighted by molar-refractivity contribution is 8.05. The quantitative estimate of drug-likeness (QED) is 0.770. The third-order valence-electron chi connectivity index (χ3n) is 1.71. The summed E-state index contributed by atoms with van der Waals surface area (Å²) in [6, 6.07) is 0. The van der Waals surface area contributed by atoms with E-state index in [-0.39, 0.29) is 0 Å². The molecule has 0 atom stereocenters. The second-order valence-corrected chi connectivity index (χ2v) is 7.54. The van der Waals surface area contributed by atoms with Gasteiger partial charge in [-0.05, 0) is 13.8 Å². The van der Waals surface area contributed by atoms with Crippen LogP contribution >= 0.6 is 0 Å². The van der Waals surface area contributed by atoms with Crippen LogP contribution in [0.2, 0.25) is 0 Å². The Morgan fingerprint density at radius 1 is 1.06 bits per heavy atom. The lowest BCUT2D eigenvalue weighted by Crippen LogP contribution is -2.47. The Hall–Kier alpha value is -0.610. The molecular formula is C6H10F3NO4S2. The minimum Gasteiger partial charge on any atom is -0.211 e. The van der Waals surface area contributed by atoms with E-state index in [9.17, 15) is 30.0 Å². The first-order chi connectivity index (χ1) is 6.77. The predicted octanol–water partition coefficient (Wildman–Crippen LogP) is 0.720. The van der Waals surface area contributed by atoms with Gasteiger partial charge in [-0.25, -0.2) is 16.8 Å². The highest BCUT2D eigenvalue weighted by atomic mass is 32.3. The maximum absolute atomic E-state index is 11.9. The van der Waals surface area contributed by atoms with Crippen molar-refractivity contribution in [2.24, 2.45) is 0 Å². The molecule has 0 rings (SSSR count). The lowest BCUT2D eigenvalue weighted by Gasteiger charge is -2.21. The van der Waals surface area contributed by atoms with Crippen molar-refractivity contribution in [2.45, 2.75) is 24.1 Å². The van der Waals surface area contributed by atoms with E-state index in [0.29, 0.717) is 4.13 Å². The monoisotopic (exact) mass is 281 g/mol. The average Bonchev–Trinajstić information content (AvgIpc) is 1.99. The summed E-state index contributed by atoms with van der Waals surface area (Å²) in [4.78, 5) is 0. The standard InChI is InChI=1S/C6H10F3NO4S2/c1-4-5(2,3)15(11,12)10-16(13,14)6(7,8)9/h4,10H,1H2,2-3H3. The fourth-order valence-electron chi connectivity index (χ4n) is 0.409. The molecule has 0 saturated carbocycles. The van der Waals surface area contributed by atoms with Crippen molar-refractivity contribution in [3.63, 3.8) is 0 Å². The van der Waals surface area contributed by atoms with Crippen LogP contribution in [0.4, 0.5) is 13.2 Å². The van der Waals surface area contributed by atoms with Gasteiger partial charge in [-0.1, -0.05) is 6.08 Å². The molecule has 0 aromatic heterocycles. The molecule has 5 nitrogen and oxygen atoms in total. The summed E-state index contributed by atoms with van der Waals surface area (Å²) in [7, 11) is -10.7. The normalized spacial score (nSPS) is 14.8. The second-order valence-electron chi connectivity index (χ2n) is 3.34. The maximum atomic E-state index is 11.9. The summed E-state index contributed by atoms with van der Waals surface area (Å²) in [6.07, 6.45) is 0.821. The highest BCUT2D eigenvalue weighted by Crippen LogP contribution is 2.25. The summed E-state index contributed by atoms with van der Waals surface area (Å²) in [6.45, 7) is 5.11. The molecule has 0 saturated heterocycles. The number of hydrogen-bond acceptors (Lipinski definition) is 4. The summed E-state index contributed by atoms with van der Waals surface area (Å²) in [5, 5.41) is 0. The molecule has 16 heavy (non-hydrogen) atoms. The molecule has 0 bridgehead atoms. The van der Waals surface area contributed by atoms with E-state index in [4.69, 9.17) is 0 Å². The zero-order valence-corrected chi connectivity index (χ0v) is 10.0. The van der Waals surface area contributed by atoms with E-state index >= 15 is 0 Å². The molecule has 1 N–H and O–H groups in total. The largest absolute Gasteiger partial charge is 0.512 e. The lowest BCUT2D eigenvalue weighted by molar-refractivity contribution is -0.0441. The van der Waals surface area contributed by atoms with Gasteiger partial charge >= 0.3 is 15.5 Å². The van der Waals surface area contributed by atoms with Crippen LogP contribution < -0.4 is 4.13 Å². The molecule has 0 amide bonds. The molecule has 0 aliphatic rings. The number of nitrogens with one attached hydrogen (secondary N) is 1. The van der Waals surface area contributed by atoms with Crippen LogP contribution in [-0.2, 0) is 20.0 Å². The van der Waals surface area contributed by atoms with E-state index < -0.39 is 30.3 Å². The molecule has 0 aliphatic carbocycles. The number of alkyl halides is 3. The average molecular weight is 281 g/mol. The van der Waals surface area contributed by atoms with E-state index in [0.717, 1.165) is 19.9 Å². The van der Waals surface area contributed by atoms with Crippen molar-refractivity contribution in [1.82, 2.24) is 4.13 Å². The zero-order valence-electron chi connectivity index (χ0n) is 8.37. The molecule has 0 fully saturated rings. The minimum absolute atomic E-state index is 0.612. The van der Waals surface area contributed by atoms with Crippen LogP contribution in [-0.4, -0.2) is 27.1 Å². The van der Waals surface area contributed by atoms with Gasteiger partial charge in [-0.3, -0.25) is 0 Å². The van der Waals surface area contributed by atoms with Crippen LogP contribution in [0.15, 0.2) is 12.7 Å². The molecule has 0 radical (unpaired) electrons. The minimum atomic E-state index is -5.93. The van der Waals surface area contributed by atoms with E-state index in [1.54, 1.807) is 0 Å². The Balaban J connectivity index is 5.42. The fraction of sp³-hybridized carbons (Fsp3) is 0.667. The molecule has 96 valence electrons. The van der Waals surface area contributed by atoms with Crippen molar-refractivity contribution in [1.29, 1.82) is 0 Å². The Labute approximate surface area is 91.4 Å². The second kappa shape index (κ2) is 4.00. The number of sulfonamides is 2. The Bertz CT molecular complexity index is 474. The SMILES string of the molecule is C=CC(C)(C)S(=O)(=O)NS(=O)(=O)C(F)(F)F. The third kappa shape index (κ3) is 2.95. The smallest absolute Gasteiger partial charge is 0.211 e. The van der Waals surface area contributed by atoms with Crippen molar-refractivity contribution in [2.75, 3.05) is 0 Å². The van der Waals surface area contributed by atoms with Gasteiger partial charge in [0.2, 0.25) is 10.0 Å². The predicted molar refractivity (Wildman–Crippen MR) is 51.3 cm³/mol. The zero-order chi connectivity index (χ0) is 13.4. The fourth-order valence-corrected chi connectivity index (χ4v) is 3.02. The highest BCUT2D eigenvalue weighted by Gasteiger charge is 2.50. The molecule has 0 heterocycles. The summed E-state index contributed by atoms with van der Waals surface area (Å²) >= 11 is 0. The Morgan fingerprint density at radius 3 is 1.69 bits per heavy atom. The first kappa shape index (κ1) is 15.4. The molecule has 0 aromatic carbocycles.